The molecular weight excluding hydrogens is 136 g/mol. The molecule has 0 bridgehead atoms. The normalized spacial score (nSPS) is 41.7. The predicted octanol–water partition coefficient (Wildman–Crippen LogP) is -1.35. The summed E-state index contributed by atoms with van der Waals surface area (Å²) in [6.07, 6.45) is -2.11. The van der Waals surface area contributed by atoms with Crippen LogP contribution in [0.15, 0.2) is 0 Å². The Morgan fingerprint density at radius 3 is 2.70 bits per heavy atom. The molecule has 1 saturated heterocycles. The second-order valence-corrected chi connectivity index (χ2v) is 2.32. The zero-order chi connectivity index (χ0) is 7.56. The van der Waals surface area contributed by atoms with Gasteiger partial charge in [0.2, 0.25) is 0 Å². The molecule has 3 N–H and O–H groups in total. The van der Waals surface area contributed by atoms with Crippen molar-refractivity contribution in [3.8, 4) is 0 Å². The molecule has 0 unspecified atom stereocenters. The molecule has 3 atom stereocenters. The molecule has 4 heteroatoms. The van der Waals surface area contributed by atoms with Gasteiger partial charge in [0.1, 0.15) is 12.2 Å². The number of hydrogen-bond acceptors (Lipinski definition) is 4. The summed E-state index contributed by atoms with van der Waals surface area (Å²) in [5.41, 5.74) is 0. The maximum Gasteiger partial charge on any atom is 0.109 e. The van der Waals surface area contributed by atoms with E-state index in [0.717, 1.165) is 0 Å². The van der Waals surface area contributed by atoms with Crippen LogP contribution in [0.2, 0.25) is 0 Å². The van der Waals surface area contributed by atoms with E-state index in [0.29, 0.717) is 6.42 Å². The Hall–Kier alpha value is -0.160. The third kappa shape index (κ3) is 1.46. The van der Waals surface area contributed by atoms with Crippen LogP contribution in [-0.2, 0) is 4.74 Å². The topological polar surface area (TPSA) is 69.9 Å². The van der Waals surface area contributed by atoms with Crippen molar-refractivity contribution in [3.05, 3.63) is 6.61 Å². The summed E-state index contributed by atoms with van der Waals surface area (Å²) in [4.78, 5) is 0. The highest BCUT2D eigenvalue weighted by molar-refractivity contribution is 4.84. The Morgan fingerprint density at radius 1 is 1.50 bits per heavy atom. The van der Waals surface area contributed by atoms with Crippen LogP contribution in [0.4, 0.5) is 0 Å². The molecule has 1 fully saturated rings. The monoisotopic (exact) mass is 147 g/mol. The van der Waals surface area contributed by atoms with E-state index in [1.165, 1.54) is 6.61 Å². The molecule has 1 radical (unpaired) electrons. The fraction of sp³-hybridized carbons (Fsp3) is 0.833. The summed E-state index contributed by atoms with van der Waals surface area (Å²) in [5, 5.41) is 26.7. The van der Waals surface area contributed by atoms with Gasteiger partial charge in [-0.15, -0.1) is 0 Å². The van der Waals surface area contributed by atoms with Gasteiger partial charge in [-0.3, -0.25) is 0 Å². The van der Waals surface area contributed by atoms with Gasteiger partial charge in [-0.05, 0) is 0 Å². The van der Waals surface area contributed by atoms with Gasteiger partial charge in [0.25, 0.3) is 0 Å². The summed E-state index contributed by atoms with van der Waals surface area (Å²) in [7, 11) is 0. The van der Waals surface area contributed by atoms with Gasteiger partial charge in [0, 0.05) is 6.42 Å². The van der Waals surface area contributed by atoms with Crippen molar-refractivity contribution in [2.75, 3.05) is 6.61 Å². The smallest absolute Gasteiger partial charge is 0.109 e. The minimum Gasteiger partial charge on any atom is -0.394 e. The van der Waals surface area contributed by atoms with E-state index in [1.807, 2.05) is 0 Å². The van der Waals surface area contributed by atoms with E-state index in [9.17, 15) is 0 Å². The fourth-order valence-electron chi connectivity index (χ4n) is 0.896. The fourth-order valence-corrected chi connectivity index (χ4v) is 0.896. The number of rotatable bonds is 1. The zero-order valence-corrected chi connectivity index (χ0v) is 5.47. The minimum atomic E-state index is -0.963. The first-order chi connectivity index (χ1) is 4.75. The Kier molecular flexibility index (Phi) is 2.62. The number of ether oxygens (including phenoxy) is 1. The lowest BCUT2D eigenvalue weighted by atomic mass is 10.0. The molecule has 0 aromatic heterocycles. The van der Waals surface area contributed by atoms with Crippen molar-refractivity contribution in [3.63, 3.8) is 0 Å². The average Bonchev–Trinajstić information content (AvgIpc) is 1.95. The minimum absolute atomic E-state index is 0.269. The van der Waals surface area contributed by atoms with Crippen molar-refractivity contribution in [2.24, 2.45) is 0 Å². The summed E-state index contributed by atoms with van der Waals surface area (Å²) < 4.78 is 4.82. The lowest BCUT2D eigenvalue weighted by Gasteiger charge is -2.30. The molecule has 1 heterocycles. The van der Waals surface area contributed by atoms with Crippen molar-refractivity contribution in [1.82, 2.24) is 0 Å². The van der Waals surface area contributed by atoms with Gasteiger partial charge in [0.05, 0.1) is 19.3 Å². The van der Waals surface area contributed by atoms with Crippen molar-refractivity contribution in [2.45, 2.75) is 24.7 Å². The summed E-state index contributed by atoms with van der Waals surface area (Å²) in [5.74, 6) is 0. The molecule has 1 aliphatic heterocycles. The van der Waals surface area contributed by atoms with Crippen LogP contribution >= 0.6 is 0 Å². The molecule has 0 amide bonds. The van der Waals surface area contributed by atoms with E-state index in [4.69, 9.17) is 20.1 Å². The van der Waals surface area contributed by atoms with E-state index in [-0.39, 0.29) is 6.61 Å². The number of hydrogen-bond donors (Lipinski definition) is 3. The highest BCUT2D eigenvalue weighted by Gasteiger charge is 2.30. The van der Waals surface area contributed by atoms with Crippen molar-refractivity contribution in [1.29, 1.82) is 0 Å². The average molecular weight is 147 g/mol. The van der Waals surface area contributed by atoms with Gasteiger partial charge in [-0.2, -0.15) is 0 Å². The Morgan fingerprint density at radius 2 is 2.20 bits per heavy atom. The van der Waals surface area contributed by atoms with E-state index >= 15 is 0 Å². The molecule has 1 rings (SSSR count). The molecule has 0 aromatic carbocycles. The van der Waals surface area contributed by atoms with Crippen LogP contribution in [0.3, 0.4) is 0 Å². The molecule has 4 nitrogen and oxygen atoms in total. The lowest BCUT2D eigenvalue weighted by molar-refractivity contribution is -0.124. The third-order valence-electron chi connectivity index (χ3n) is 1.56. The number of aliphatic hydroxyl groups excluding tert-OH is 3. The molecule has 1 aliphatic rings. The SMILES string of the molecule is OC[C@H]1O[CH]C[C@@H](O)[C@H]1O. The first-order valence-corrected chi connectivity index (χ1v) is 3.20. The van der Waals surface area contributed by atoms with Gasteiger partial charge in [-0.1, -0.05) is 0 Å². The van der Waals surface area contributed by atoms with E-state index in [1.54, 1.807) is 0 Å². The van der Waals surface area contributed by atoms with Gasteiger partial charge in [-0.25, -0.2) is 0 Å². The van der Waals surface area contributed by atoms with Crippen LogP contribution in [0.1, 0.15) is 6.42 Å². The Balaban J connectivity index is 2.42. The Bertz CT molecular complexity index is 106. The van der Waals surface area contributed by atoms with Gasteiger partial charge < -0.3 is 20.1 Å². The Labute approximate surface area is 59.1 Å². The van der Waals surface area contributed by atoms with Crippen molar-refractivity contribution >= 4 is 0 Å². The molecule has 0 aromatic rings. The highest BCUT2D eigenvalue weighted by atomic mass is 16.5. The van der Waals surface area contributed by atoms with E-state index < -0.39 is 18.3 Å². The molecule has 0 spiro atoms. The standard InChI is InChI=1S/C6H11O4/c7-3-5-6(9)4(8)1-2-10-5/h2,4-9H,1,3H2/t4-,5-,6-/m1/s1. The third-order valence-corrected chi connectivity index (χ3v) is 1.56. The van der Waals surface area contributed by atoms with Crippen molar-refractivity contribution < 1.29 is 20.1 Å². The molecule has 0 saturated carbocycles. The second-order valence-electron chi connectivity index (χ2n) is 2.32. The lowest BCUT2D eigenvalue weighted by Crippen LogP contribution is -2.44. The summed E-state index contributed by atoms with van der Waals surface area (Å²) in [6.45, 7) is 1.13. The second kappa shape index (κ2) is 3.30. The number of aliphatic hydroxyl groups is 3. The zero-order valence-electron chi connectivity index (χ0n) is 5.47. The van der Waals surface area contributed by atoms with Crippen LogP contribution in [0.25, 0.3) is 0 Å². The quantitative estimate of drug-likeness (QED) is 0.429. The predicted molar refractivity (Wildman–Crippen MR) is 32.9 cm³/mol. The van der Waals surface area contributed by atoms with E-state index in [2.05, 4.69) is 0 Å². The first-order valence-electron chi connectivity index (χ1n) is 3.20. The van der Waals surface area contributed by atoms with Crippen LogP contribution < -0.4 is 0 Å². The molecule has 0 aliphatic carbocycles. The molecule has 10 heavy (non-hydrogen) atoms. The maximum absolute atomic E-state index is 9.08. The highest BCUT2D eigenvalue weighted by Crippen LogP contribution is 2.16. The van der Waals surface area contributed by atoms with Gasteiger partial charge in [0.15, 0.2) is 0 Å². The first kappa shape index (κ1) is 7.94. The summed E-state index contributed by atoms with van der Waals surface area (Å²) >= 11 is 0. The molecular formula is C6H11O4. The van der Waals surface area contributed by atoms with Crippen LogP contribution in [-0.4, -0.2) is 40.2 Å². The maximum atomic E-state index is 9.08. The summed E-state index contributed by atoms with van der Waals surface area (Å²) in [6, 6.07) is 0. The van der Waals surface area contributed by atoms with Crippen LogP contribution in [0, 0.1) is 6.61 Å². The van der Waals surface area contributed by atoms with Crippen LogP contribution in [0.5, 0.6) is 0 Å². The van der Waals surface area contributed by atoms with Gasteiger partial charge >= 0.3 is 0 Å². The largest absolute Gasteiger partial charge is 0.394 e. The molecule has 59 valence electrons.